The normalized spacial score (nSPS) is 13.6. The average Bonchev–Trinajstić information content (AvgIpc) is 3.09. The molecule has 0 bridgehead atoms. The Morgan fingerprint density at radius 2 is 0.879 bits per heavy atom. The standard InChI is InChI=1S/C31H30S2/c1-3-17-31(18-4-2)29-19-23(21-5-11-25(32)12-6-21)9-15-27(29)28-16-10-24(20-30(28)31)22-7-13-26(33)14-8-22/h5-16,19-20,32-33H,3-4,17-18H2,1-2H3. The maximum Gasteiger partial charge on any atom is 0.0215 e. The largest absolute Gasteiger partial charge is 0.143 e. The second-order valence-corrected chi connectivity index (χ2v) is 10.2. The Morgan fingerprint density at radius 3 is 1.24 bits per heavy atom. The molecule has 0 amide bonds. The molecule has 1 aliphatic carbocycles. The third-order valence-electron chi connectivity index (χ3n) is 7.12. The number of thiol groups is 2. The highest BCUT2D eigenvalue weighted by Gasteiger charge is 2.42. The summed E-state index contributed by atoms with van der Waals surface area (Å²) >= 11 is 8.93. The molecule has 1 aliphatic rings. The highest BCUT2D eigenvalue weighted by molar-refractivity contribution is 7.80. The Balaban J connectivity index is 1.69. The lowest BCUT2D eigenvalue weighted by Gasteiger charge is -2.32. The van der Waals surface area contributed by atoms with Gasteiger partial charge in [0.25, 0.3) is 0 Å². The SMILES string of the molecule is CCCC1(CCC)c2cc(-c3ccc(S)cc3)ccc2-c2ccc(-c3ccc(S)cc3)cc21. The first-order valence-electron chi connectivity index (χ1n) is 11.9. The van der Waals surface area contributed by atoms with Gasteiger partial charge in [0.1, 0.15) is 0 Å². The molecular weight excluding hydrogens is 436 g/mol. The van der Waals surface area contributed by atoms with Gasteiger partial charge in [0, 0.05) is 15.2 Å². The molecule has 0 radical (unpaired) electrons. The van der Waals surface area contributed by atoms with Gasteiger partial charge in [0.2, 0.25) is 0 Å². The van der Waals surface area contributed by atoms with Crippen LogP contribution in [0.15, 0.2) is 94.7 Å². The zero-order valence-corrected chi connectivity index (χ0v) is 21.1. The van der Waals surface area contributed by atoms with E-state index in [1.165, 1.54) is 57.3 Å². The molecule has 166 valence electrons. The van der Waals surface area contributed by atoms with Gasteiger partial charge in [-0.05, 0) is 93.7 Å². The molecule has 0 N–H and O–H groups in total. The summed E-state index contributed by atoms with van der Waals surface area (Å²) in [6, 6.07) is 31.2. The minimum atomic E-state index is 0.0627. The number of rotatable bonds is 6. The quantitative estimate of drug-likeness (QED) is 0.260. The fraction of sp³-hybridized carbons (Fsp3) is 0.226. The molecule has 0 nitrogen and oxygen atoms in total. The zero-order chi connectivity index (χ0) is 23.0. The molecule has 4 aromatic rings. The molecule has 0 fully saturated rings. The fourth-order valence-corrected chi connectivity index (χ4v) is 5.98. The van der Waals surface area contributed by atoms with Crippen molar-refractivity contribution in [1.82, 2.24) is 0 Å². The van der Waals surface area contributed by atoms with Crippen molar-refractivity contribution < 1.29 is 0 Å². The predicted molar refractivity (Wildman–Crippen MR) is 148 cm³/mol. The van der Waals surface area contributed by atoms with Crippen molar-refractivity contribution in [2.24, 2.45) is 0 Å². The second kappa shape index (κ2) is 9.08. The predicted octanol–water partition coefficient (Wildman–Crippen LogP) is 9.46. The number of fused-ring (bicyclic) bond motifs is 3. The van der Waals surface area contributed by atoms with Crippen molar-refractivity contribution >= 4 is 25.3 Å². The minimum absolute atomic E-state index is 0.0627. The van der Waals surface area contributed by atoms with Gasteiger partial charge >= 0.3 is 0 Å². The molecule has 4 aromatic carbocycles. The van der Waals surface area contributed by atoms with Crippen LogP contribution in [-0.4, -0.2) is 0 Å². The molecule has 2 heteroatoms. The number of hydrogen-bond donors (Lipinski definition) is 2. The van der Waals surface area contributed by atoms with Crippen molar-refractivity contribution in [1.29, 1.82) is 0 Å². The van der Waals surface area contributed by atoms with E-state index in [1.807, 2.05) is 0 Å². The van der Waals surface area contributed by atoms with Crippen LogP contribution in [0.25, 0.3) is 33.4 Å². The van der Waals surface area contributed by atoms with Gasteiger partial charge in [-0.3, -0.25) is 0 Å². The Morgan fingerprint density at radius 1 is 0.515 bits per heavy atom. The topological polar surface area (TPSA) is 0 Å². The van der Waals surface area contributed by atoms with E-state index in [-0.39, 0.29) is 5.41 Å². The lowest BCUT2D eigenvalue weighted by molar-refractivity contribution is 0.436. The van der Waals surface area contributed by atoms with E-state index in [0.717, 1.165) is 22.6 Å². The summed E-state index contributed by atoms with van der Waals surface area (Å²) in [6.45, 7) is 4.64. The monoisotopic (exact) mass is 466 g/mol. The van der Waals surface area contributed by atoms with E-state index in [4.69, 9.17) is 0 Å². The third-order valence-corrected chi connectivity index (χ3v) is 7.71. The van der Waals surface area contributed by atoms with Crippen molar-refractivity contribution in [2.75, 3.05) is 0 Å². The molecule has 33 heavy (non-hydrogen) atoms. The maximum atomic E-state index is 4.47. The summed E-state index contributed by atoms with van der Waals surface area (Å²) in [4.78, 5) is 1.99. The molecule has 0 atom stereocenters. The molecule has 0 saturated carbocycles. The molecule has 0 aliphatic heterocycles. The summed E-state index contributed by atoms with van der Waals surface area (Å²) in [5.41, 5.74) is 10.9. The van der Waals surface area contributed by atoms with Gasteiger partial charge in [-0.2, -0.15) is 0 Å². The van der Waals surface area contributed by atoms with Crippen molar-refractivity contribution in [3.63, 3.8) is 0 Å². The van der Waals surface area contributed by atoms with E-state index in [2.05, 4.69) is 124 Å². The average molecular weight is 467 g/mol. The summed E-state index contributed by atoms with van der Waals surface area (Å²) < 4.78 is 0. The van der Waals surface area contributed by atoms with Crippen LogP contribution < -0.4 is 0 Å². The number of hydrogen-bond acceptors (Lipinski definition) is 2. The van der Waals surface area contributed by atoms with Crippen LogP contribution >= 0.6 is 25.3 Å². The van der Waals surface area contributed by atoms with Crippen molar-refractivity contribution in [3.05, 3.63) is 96.1 Å². The molecule has 0 unspecified atom stereocenters. The zero-order valence-electron chi connectivity index (χ0n) is 19.3. The molecule has 0 aromatic heterocycles. The van der Waals surface area contributed by atoms with Crippen molar-refractivity contribution in [3.8, 4) is 33.4 Å². The molecule has 5 rings (SSSR count). The van der Waals surface area contributed by atoms with Gasteiger partial charge in [-0.15, -0.1) is 25.3 Å². The molecular formula is C31H30S2. The summed E-state index contributed by atoms with van der Waals surface area (Å²) in [7, 11) is 0. The van der Waals surface area contributed by atoms with E-state index in [0.29, 0.717) is 0 Å². The maximum absolute atomic E-state index is 4.47. The van der Waals surface area contributed by atoms with Gasteiger partial charge in [0.15, 0.2) is 0 Å². The highest BCUT2D eigenvalue weighted by atomic mass is 32.1. The first-order chi connectivity index (χ1) is 16.1. The van der Waals surface area contributed by atoms with Crippen LogP contribution in [-0.2, 0) is 5.41 Å². The van der Waals surface area contributed by atoms with Crippen LogP contribution in [0.1, 0.15) is 50.7 Å². The van der Waals surface area contributed by atoms with E-state index >= 15 is 0 Å². The van der Waals surface area contributed by atoms with Crippen LogP contribution in [0, 0.1) is 0 Å². The van der Waals surface area contributed by atoms with E-state index < -0.39 is 0 Å². The van der Waals surface area contributed by atoms with Gasteiger partial charge < -0.3 is 0 Å². The Hall–Kier alpha value is -2.42. The Bertz CT molecular complexity index is 1180. The first kappa shape index (κ1) is 22.4. The minimum Gasteiger partial charge on any atom is -0.143 e. The smallest absolute Gasteiger partial charge is 0.0215 e. The molecule has 0 saturated heterocycles. The van der Waals surface area contributed by atoms with Gasteiger partial charge in [-0.25, -0.2) is 0 Å². The summed E-state index contributed by atoms with van der Waals surface area (Å²) in [6.07, 6.45) is 4.66. The highest BCUT2D eigenvalue weighted by Crippen LogP contribution is 2.55. The van der Waals surface area contributed by atoms with Crippen LogP contribution in [0.3, 0.4) is 0 Å². The summed E-state index contributed by atoms with van der Waals surface area (Å²) in [5, 5.41) is 0. The molecule has 0 spiro atoms. The first-order valence-corrected chi connectivity index (χ1v) is 12.8. The van der Waals surface area contributed by atoms with E-state index in [9.17, 15) is 0 Å². The van der Waals surface area contributed by atoms with Crippen LogP contribution in [0.2, 0.25) is 0 Å². The third kappa shape index (κ3) is 3.94. The van der Waals surface area contributed by atoms with Gasteiger partial charge in [-0.1, -0.05) is 75.2 Å². The lowest BCUT2D eigenvalue weighted by Crippen LogP contribution is -2.25. The fourth-order valence-electron chi connectivity index (χ4n) is 5.68. The van der Waals surface area contributed by atoms with Gasteiger partial charge in [0.05, 0.1) is 0 Å². The lowest BCUT2D eigenvalue weighted by atomic mass is 9.71. The van der Waals surface area contributed by atoms with Crippen molar-refractivity contribution in [2.45, 2.75) is 54.7 Å². The van der Waals surface area contributed by atoms with Crippen LogP contribution in [0.5, 0.6) is 0 Å². The number of benzene rings is 4. The van der Waals surface area contributed by atoms with E-state index in [1.54, 1.807) is 0 Å². The Labute approximate surface area is 208 Å². The second-order valence-electron chi connectivity index (χ2n) is 9.20. The summed E-state index contributed by atoms with van der Waals surface area (Å²) in [5.74, 6) is 0. The van der Waals surface area contributed by atoms with Crippen LogP contribution in [0.4, 0.5) is 0 Å². The molecule has 0 heterocycles. The Kier molecular flexibility index (Phi) is 6.16.